The monoisotopic (exact) mass is 306 g/mol. The molecule has 1 amide bonds. The highest BCUT2D eigenvalue weighted by molar-refractivity contribution is 5.81. The minimum atomic E-state index is -0.181. The first-order chi connectivity index (χ1) is 10.8. The predicted octanol–water partition coefficient (Wildman–Crippen LogP) is 2.32. The second kappa shape index (κ2) is 6.48. The summed E-state index contributed by atoms with van der Waals surface area (Å²) in [5.41, 5.74) is 0. The summed E-state index contributed by atoms with van der Waals surface area (Å²) in [6.07, 6.45) is 11.8. The van der Waals surface area contributed by atoms with E-state index >= 15 is 0 Å². The van der Waals surface area contributed by atoms with Crippen molar-refractivity contribution >= 4 is 5.91 Å². The lowest BCUT2D eigenvalue weighted by molar-refractivity contribution is -0.133. The molecule has 124 valence electrons. The summed E-state index contributed by atoms with van der Waals surface area (Å²) in [4.78, 5) is 14.9. The molecule has 4 nitrogen and oxygen atoms in total. The van der Waals surface area contributed by atoms with E-state index in [0.717, 1.165) is 31.5 Å². The van der Waals surface area contributed by atoms with Crippen LogP contribution >= 0.6 is 0 Å². The quantitative estimate of drug-likeness (QED) is 0.867. The van der Waals surface area contributed by atoms with Crippen molar-refractivity contribution in [3.05, 3.63) is 0 Å². The van der Waals surface area contributed by atoms with E-state index < -0.39 is 0 Å². The first kappa shape index (κ1) is 14.9. The van der Waals surface area contributed by atoms with Crippen molar-refractivity contribution in [3.63, 3.8) is 0 Å². The van der Waals surface area contributed by atoms with Crippen molar-refractivity contribution in [2.45, 2.75) is 76.0 Å². The zero-order chi connectivity index (χ0) is 14.9. The molecule has 4 rings (SSSR count). The van der Waals surface area contributed by atoms with Crippen LogP contribution in [0.1, 0.15) is 57.8 Å². The van der Waals surface area contributed by atoms with Gasteiger partial charge in [-0.1, -0.05) is 19.3 Å². The van der Waals surface area contributed by atoms with Gasteiger partial charge in [-0.3, -0.25) is 9.69 Å². The Morgan fingerprint density at radius 1 is 1.09 bits per heavy atom. The number of carbonyl (C=O) groups excluding carboxylic acids is 1. The Labute approximate surface area is 134 Å². The number of carbonyl (C=O) groups is 1. The first-order valence-electron chi connectivity index (χ1n) is 9.47. The lowest BCUT2D eigenvalue weighted by atomic mass is 9.88. The van der Waals surface area contributed by atoms with Crippen molar-refractivity contribution in [3.8, 4) is 0 Å². The second-order valence-corrected chi connectivity index (χ2v) is 7.92. The number of amides is 1. The van der Waals surface area contributed by atoms with Crippen molar-refractivity contribution in [2.24, 2.45) is 11.8 Å². The van der Waals surface area contributed by atoms with Crippen LogP contribution in [0.25, 0.3) is 0 Å². The van der Waals surface area contributed by atoms with Gasteiger partial charge in [0.1, 0.15) is 6.10 Å². The molecule has 0 unspecified atom stereocenters. The second-order valence-electron chi connectivity index (χ2n) is 7.92. The molecule has 4 heteroatoms. The Kier molecular flexibility index (Phi) is 4.40. The van der Waals surface area contributed by atoms with Gasteiger partial charge in [-0.25, -0.2) is 0 Å². The van der Waals surface area contributed by atoms with Crippen molar-refractivity contribution in [2.75, 3.05) is 19.6 Å². The normalized spacial score (nSPS) is 37.0. The highest BCUT2D eigenvalue weighted by Gasteiger charge is 2.43. The minimum Gasteiger partial charge on any atom is -0.364 e. The molecule has 0 bridgehead atoms. The van der Waals surface area contributed by atoms with E-state index in [2.05, 4.69) is 10.2 Å². The Morgan fingerprint density at radius 3 is 2.68 bits per heavy atom. The molecule has 2 aliphatic heterocycles. The first-order valence-corrected chi connectivity index (χ1v) is 9.47. The van der Waals surface area contributed by atoms with Crippen molar-refractivity contribution < 1.29 is 9.53 Å². The molecule has 1 N–H and O–H groups in total. The Bertz CT molecular complexity index is 404. The molecule has 3 atom stereocenters. The average molecular weight is 306 g/mol. The van der Waals surface area contributed by atoms with Crippen LogP contribution in [-0.2, 0) is 9.53 Å². The molecular weight excluding hydrogens is 276 g/mol. The van der Waals surface area contributed by atoms with Gasteiger partial charge < -0.3 is 10.1 Å². The molecule has 2 saturated heterocycles. The summed E-state index contributed by atoms with van der Waals surface area (Å²) in [6, 6.07) is 0.779. The van der Waals surface area contributed by atoms with Crippen LogP contribution in [0.3, 0.4) is 0 Å². The third kappa shape index (κ3) is 3.33. The topological polar surface area (TPSA) is 41.6 Å². The number of likely N-dealkylation sites (tertiary alicyclic amines) is 1. The number of nitrogens with one attached hydrogen (secondary N) is 1. The van der Waals surface area contributed by atoms with Gasteiger partial charge in [0.15, 0.2) is 0 Å². The SMILES string of the molecule is O=C(NCC1CC1)[C@@H]1C[C@@H]2CCN(C3CCCCC3)C[C@@H]2O1. The Balaban J connectivity index is 1.28. The fraction of sp³-hybridized carbons (Fsp3) is 0.944. The van der Waals surface area contributed by atoms with Gasteiger partial charge in [0.25, 0.3) is 0 Å². The number of hydrogen-bond donors (Lipinski definition) is 1. The van der Waals surface area contributed by atoms with Gasteiger partial charge in [-0.05, 0) is 56.9 Å². The highest BCUT2D eigenvalue weighted by atomic mass is 16.5. The maximum Gasteiger partial charge on any atom is 0.249 e. The molecule has 0 radical (unpaired) electrons. The van der Waals surface area contributed by atoms with E-state index in [1.54, 1.807) is 0 Å². The number of ether oxygens (including phenoxy) is 1. The van der Waals surface area contributed by atoms with Gasteiger partial charge in [0.05, 0.1) is 6.10 Å². The molecule has 2 heterocycles. The number of rotatable bonds is 4. The largest absolute Gasteiger partial charge is 0.364 e. The smallest absolute Gasteiger partial charge is 0.249 e. The summed E-state index contributed by atoms with van der Waals surface area (Å²) >= 11 is 0. The van der Waals surface area contributed by atoms with Gasteiger partial charge in [0, 0.05) is 19.1 Å². The summed E-state index contributed by atoms with van der Waals surface area (Å²) in [7, 11) is 0. The molecule has 0 aromatic rings. The summed E-state index contributed by atoms with van der Waals surface area (Å²) in [6.45, 7) is 3.13. The maximum atomic E-state index is 12.3. The van der Waals surface area contributed by atoms with Crippen LogP contribution in [0.5, 0.6) is 0 Å². The zero-order valence-electron chi connectivity index (χ0n) is 13.6. The number of hydrogen-bond acceptors (Lipinski definition) is 3. The predicted molar refractivity (Wildman–Crippen MR) is 85.6 cm³/mol. The van der Waals surface area contributed by atoms with Crippen LogP contribution in [0.2, 0.25) is 0 Å². The Hall–Kier alpha value is -0.610. The standard InChI is InChI=1S/C18H30N2O2/c21-18(19-11-13-6-7-13)16-10-14-8-9-20(12-17(14)22-16)15-4-2-1-3-5-15/h13-17H,1-12H2,(H,19,21)/t14-,16-,17-/m0/s1. The molecule has 4 aliphatic rings. The van der Waals surface area contributed by atoms with Gasteiger partial charge in [0.2, 0.25) is 5.91 Å². The number of piperidine rings is 1. The lowest BCUT2D eigenvalue weighted by Gasteiger charge is -2.40. The van der Waals surface area contributed by atoms with Gasteiger partial charge in [-0.15, -0.1) is 0 Å². The van der Waals surface area contributed by atoms with E-state index in [0.29, 0.717) is 12.0 Å². The molecule has 0 spiro atoms. The summed E-state index contributed by atoms with van der Waals surface area (Å²) in [5.74, 6) is 1.50. The van der Waals surface area contributed by atoms with Crippen molar-refractivity contribution in [1.82, 2.24) is 10.2 Å². The van der Waals surface area contributed by atoms with Crippen LogP contribution in [0.15, 0.2) is 0 Å². The van der Waals surface area contributed by atoms with Crippen molar-refractivity contribution in [1.29, 1.82) is 0 Å². The van der Waals surface area contributed by atoms with Crippen LogP contribution < -0.4 is 5.32 Å². The van der Waals surface area contributed by atoms with E-state index in [1.165, 1.54) is 57.9 Å². The number of fused-ring (bicyclic) bond motifs is 1. The molecule has 22 heavy (non-hydrogen) atoms. The van der Waals surface area contributed by atoms with E-state index in [9.17, 15) is 4.79 Å². The molecule has 0 aromatic carbocycles. The van der Waals surface area contributed by atoms with Gasteiger partial charge in [-0.2, -0.15) is 0 Å². The van der Waals surface area contributed by atoms with Crippen LogP contribution in [0.4, 0.5) is 0 Å². The highest BCUT2D eigenvalue weighted by Crippen LogP contribution is 2.36. The zero-order valence-corrected chi connectivity index (χ0v) is 13.6. The summed E-state index contributed by atoms with van der Waals surface area (Å²) in [5, 5.41) is 3.09. The van der Waals surface area contributed by atoms with E-state index in [-0.39, 0.29) is 12.0 Å². The maximum absolute atomic E-state index is 12.3. The molecule has 2 aliphatic carbocycles. The van der Waals surface area contributed by atoms with E-state index in [1.807, 2.05) is 0 Å². The fourth-order valence-corrected chi connectivity index (χ4v) is 4.58. The Morgan fingerprint density at radius 2 is 1.91 bits per heavy atom. The number of nitrogens with zero attached hydrogens (tertiary/aromatic N) is 1. The summed E-state index contributed by atoms with van der Waals surface area (Å²) < 4.78 is 6.15. The molecule has 2 saturated carbocycles. The third-order valence-electron chi connectivity index (χ3n) is 6.23. The molecule has 0 aromatic heterocycles. The molecule has 4 fully saturated rings. The third-order valence-corrected chi connectivity index (χ3v) is 6.23. The lowest BCUT2D eigenvalue weighted by Crippen LogP contribution is -2.48. The van der Waals surface area contributed by atoms with Gasteiger partial charge >= 0.3 is 0 Å². The van der Waals surface area contributed by atoms with Crippen LogP contribution in [-0.4, -0.2) is 48.7 Å². The van der Waals surface area contributed by atoms with Crippen LogP contribution in [0, 0.1) is 11.8 Å². The average Bonchev–Trinajstić information content (AvgIpc) is 3.29. The van der Waals surface area contributed by atoms with E-state index in [4.69, 9.17) is 4.74 Å². The fourth-order valence-electron chi connectivity index (χ4n) is 4.58. The molecular formula is C18H30N2O2. The minimum absolute atomic E-state index is 0.144.